The number of hydrogen-bond donors (Lipinski definition) is 1. The molecule has 6 heteroatoms. The van der Waals surface area contributed by atoms with E-state index in [0.29, 0.717) is 6.04 Å². The van der Waals surface area contributed by atoms with E-state index in [1.807, 2.05) is 13.1 Å². The standard InChI is InChI=1S/C19H29N5O/c1-14-10-17(22-21-14)12-23-7-8-24-18(11-20-19(24)15(23)2)6-9-25-13-16-4-3-5-16/h10-11,15-16H,3-9,12-13H2,1-2H3,(H,21,22). The molecule has 2 aromatic rings. The average molecular weight is 343 g/mol. The predicted octanol–water partition coefficient (Wildman–Crippen LogP) is 2.85. The summed E-state index contributed by atoms with van der Waals surface area (Å²) in [5.41, 5.74) is 3.53. The number of H-pyrrole nitrogens is 1. The van der Waals surface area contributed by atoms with Crippen LogP contribution >= 0.6 is 0 Å². The van der Waals surface area contributed by atoms with Crippen molar-refractivity contribution in [1.29, 1.82) is 0 Å². The van der Waals surface area contributed by atoms with Crippen molar-refractivity contribution in [3.63, 3.8) is 0 Å². The third kappa shape index (κ3) is 3.65. The molecule has 0 aromatic carbocycles. The van der Waals surface area contributed by atoms with Gasteiger partial charge in [0.05, 0.1) is 18.3 Å². The molecule has 25 heavy (non-hydrogen) atoms. The normalized spacial score (nSPS) is 21.3. The number of nitrogens with zero attached hydrogens (tertiary/aromatic N) is 4. The van der Waals surface area contributed by atoms with E-state index in [4.69, 9.17) is 9.72 Å². The van der Waals surface area contributed by atoms with Gasteiger partial charge in [0.2, 0.25) is 0 Å². The lowest BCUT2D eigenvalue weighted by Gasteiger charge is -2.34. The summed E-state index contributed by atoms with van der Waals surface area (Å²) in [6.07, 6.45) is 7.10. The molecule has 136 valence electrons. The summed E-state index contributed by atoms with van der Waals surface area (Å²) in [5, 5.41) is 7.40. The van der Waals surface area contributed by atoms with Crippen molar-refractivity contribution in [3.8, 4) is 0 Å². The Morgan fingerprint density at radius 2 is 2.20 bits per heavy atom. The van der Waals surface area contributed by atoms with Gasteiger partial charge in [0.25, 0.3) is 0 Å². The van der Waals surface area contributed by atoms with E-state index in [9.17, 15) is 0 Å². The van der Waals surface area contributed by atoms with Crippen molar-refractivity contribution in [2.75, 3.05) is 19.8 Å². The maximum Gasteiger partial charge on any atom is 0.126 e. The topological polar surface area (TPSA) is 59.0 Å². The molecular formula is C19H29N5O. The Balaban J connectivity index is 1.33. The highest BCUT2D eigenvalue weighted by Gasteiger charge is 2.27. The second kappa shape index (κ2) is 7.30. The first kappa shape index (κ1) is 16.8. The molecule has 1 aliphatic heterocycles. The average Bonchev–Trinajstić information content (AvgIpc) is 3.15. The minimum atomic E-state index is 0.315. The van der Waals surface area contributed by atoms with Crippen molar-refractivity contribution in [3.05, 3.63) is 35.2 Å². The maximum absolute atomic E-state index is 5.87. The van der Waals surface area contributed by atoms with Crippen LogP contribution in [-0.4, -0.2) is 44.4 Å². The highest BCUT2D eigenvalue weighted by Crippen LogP contribution is 2.28. The van der Waals surface area contributed by atoms with Crippen LogP contribution in [0, 0.1) is 12.8 Å². The van der Waals surface area contributed by atoms with Gasteiger partial charge in [0.15, 0.2) is 0 Å². The van der Waals surface area contributed by atoms with Crippen LogP contribution in [0.5, 0.6) is 0 Å². The monoisotopic (exact) mass is 343 g/mol. The Bertz CT molecular complexity index is 702. The van der Waals surface area contributed by atoms with E-state index in [1.54, 1.807) is 0 Å². The SMILES string of the molecule is Cc1cc(CN2CCn3c(CCOCC4CCC4)cnc3C2C)n[nH]1. The van der Waals surface area contributed by atoms with Gasteiger partial charge in [-0.1, -0.05) is 6.42 Å². The van der Waals surface area contributed by atoms with Crippen molar-refractivity contribution in [2.45, 2.75) is 58.7 Å². The van der Waals surface area contributed by atoms with E-state index in [-0.39, 0.29) is 0 Å². The predicted molar refractivity (Wildman–Crippen MR) is 96.2 cm³/mol. The first-order valence-corrected chi connectivity index (χ1v) is 9.57. The molecule has 1 saturated carbocycles. The van der Waals surface area contributed by atoms with Gasteiger partial charge < -0.3 is 9.30 Å². The lowest BCUT2D eigenvalue weighted by atomic mass is 9.86. The number of rotatable bonds is 7. The van der Waals surface area contributed by atoms with E-state index in [1.165, 1.54) is 30.8 Å². The number of fused-ring (bicyclic) bond motifs is 1. The Kier molecular flexibility index (Phi) is 4.90. The zero-order valence-electron chi connectivity index (χ0n) is 15.4. The molecule has 0 saturated heterocycles. The zero-order valence-corrected chi connectivity index (χ0v) is 15.4. The Hall–Kier alpha value is -1.66. The molecule has 3 heterocycles. The van der Waals surface area contributed by atoms with Gasteiger partial charge in [-0.15, -0.1) is 0 Å². The number of nitrogens with one attached hydrogen (secondary N) is 1. The third-order valence-corrected chi connectivity index (χ3v) is 5.71. The van der Waals surface area contributed by atoms with Crippen LogP contribution in [0.4, 0.5) is 0 Å². The highest BCUT2D eigenvalue weighted by atomic mass is 16.5. The Morgan fingerprint density at radius 1 is 1.32 bits per heavy atom. The van der Waals surface area contributed by atoms with E-state index in [2.05, 4.69) is 32.7 Å². The quantitative estimate of drug-likeness (QED) is 0.786. The molecule has 6 nitrogen and oxygen atoms in total. The fraction of sp³-hybridized carbons (Fsp3) is 0.684. The summed E-state index contributed by atoms with van der Waals surface area (Å²) in [6, 6.07) is 2.44. The van der Waals surface area contributed by atoms with Crippen LogP contribution in [0.25, 0.3) is 0 Å². The largest absolute Gasteiger partial charge is 0.381 e. The summed E-state index contributed by atoms with van der Waals surface area (Å²) in [7, 11) is 0. The lowest BCUT2D eigenvalue weighted by Crippen LogP contribution is -2.37. The van der Waals surface area contributed by atoms with Crippen LogP contribution in [0.15, 0.2) is 12.3 Å². The maximum atomic E-state index is 5.87. The number of imidazole rings is 1. The second-order valence-corrected chi connectivity index (χ2v) is 7.57. The fourth-order valence-electron chi connectivity index (χ4n) is 3.87. The van der Waals surface area contributed by atoms with Gasteiger partial charge in [-0.2, -0.15) is 5.10 Å². The summed E-state index contributed by atoms with van der Waals surface area (Å²) >= 11 is 0. The molecule has 1 aliphatic carbocycles. The molecule has 0 amide bonds. The van der Waals surface area contributed by atoms with Gasteiger partial charge in [-0.3, -0.25) is 10.00 Å². The first-order chi connectivity index (χ1) is 12.2. The van der Waals surface area contributed by atoms with Gasteiger partial charge >= 0.3 is 0 Å². The summed E-state index contributed by atoms with van der Waals surface area (Å²) in [6.45, 7) is 8.95. The van der Waals surface area contributed by atoms with Crippen LogP contribution in [0.2, 0.25) is 0 Å². The van der Waals surface area contributed by atoms with Gasteiger partial charge in [-0.05, 0) is 38.7 Å². The van der Waals surface area contributed by atoms with Crippen molar-refractivity contribution < 1.29 is 4.74 Å². The first-order valence-electron chi connectivity index (χ1n) is 9.57. The molecule has 2 aliphatic rings. The number of aryl methyl sites for hydroxylation is 1. The number of aromatic nitrogens is 4. The highest BCUT2D eigenvalue weighted by molar-refractivity contribution is 5.13. The molecule has 1 unspecified atom stereocenters. The van der Waals surface area contributed by atoms with Gasteiger partial charge in [0.1, 0.15) is 5.82 Å². The molecule has 0 spiro atoms. The molecule has 2 aromatic heterocycles. The van der Waals surface area contributed by atoms with E-state index >= 15 is 0 Å². The molecular weight excluding hydrogens is 314 g/mol. The Morgan fingerprint density at radius 3 is 2.92 bits per heavy atom. The molecule has 1 fully saturated rings. The van der Waals surface area contributed by atoms with Crippen molar-refractivity contribution >= 4 is 0 Å². The van der Waals surface area contributed by atoms with Crippen LogP contribution < -0.4 is 0 Å². The zero-order chi connectivity index (χ0) is 17.2. The van der Waals surface area contributed by atoms with E-state index < -0.39 is 0 Å². The van der Waals surface area contributed by atoms with Gasteiger partial charge in [0, 0.05) is 50.2 Å². The van der Waals surface area contributed by atoms with E-state index in [0.717, 1.165) is 56.6 Å². The van der Waals surface area contributed by atoms with Gasteiger partial charge in [-0.25, -0.2) is 4.98 Å². The lowest BCUT2D eigenvalue weighted by molar-refractivity contribution is 0.0711. The molecule has 0 bridgehead atoms. The molecule has 4 rings (SSSR count). The summed E-state index contributed by atoms with van der Waals surface area (Å²) in [4.78, 5) is 7.17. The minimum Gasteiger partial charge on any atom is -0.381 e. The molecule has 0 radical (unpaired) electrons. The Labute approximate surface area is 149 Å². The number of ether oxygens (including phenoxy) is 1. The minimum absolute atomic E-state index is 0.315. The fourth-order valence-corrected chi connectivity index (χ4v) is 3.87. The molecule has 1 atom stereocenters. The summed E-state index contributed by atoms with van der Waals surface area (Å²) in [5.74, 6) is 1.99. The van der Waals surface area contributed by atoms with Crippen molar-refractivity contribution in [2.24, 2.45) is 5.92 Å². The van der Waals surface area contributed by atoms with Crippen LogP contribution in [0.3, 0.4) is 0 Å². The third-order valence-electron chi connectivity index (χ3n) is 5.71. The van der Waals surface area contributed by atoms with Crippen LogP contribution in [0.1, 0.15) is 55.1 Å². The van der Waals surface area contributed by atoms with Crippen molar-refractivity contribution in [1.82, 2.24) is 24.6 Å². The number of hydrogen-bond acceptors (Lipinski definition) is 4. The molecule has 1 N–H and O–H groups in total. The second-order valence-electron chi connectivity index (χ2n) is 7.57. The summed E-state index contributed by atoms with van der Waals surface area (Å²) < 4.78 is 8.26. The number of aromatic amines is 1. The smallest absolute Gasteiger partial charge is 0.126 e. The van der Waals surface area contributed by atoms with Crippen LogP contribution in [-0.2, 0) is 24.2 Å².